The van der Waals surface area contributed by atoms with Crippen molar-refractivity contribution in [2.24, 2.45) is 5.92 Å². The number of amides is 1. The van der Waals surface area contributed by atoms with Crippen molar-refractivity contribution in [3.05, 3.63) is 0 Å². The largest absolute Gasteiger partial charge is 0.343 e. The van der Waals surface area contributed by atoms with Crippen LogP contribution in [0.4, 0.5) is 0 Å². The van der Waals surface area contributed by atoms with Gasteiger partial charge in [0.25, 0.3) is 0 Å². The predicted molar refractivity (Wildman–Crippen MR) is 65.3 cm³/mol. The third kappa shape index (κ3) is 3.48. The van der Waals surface area contributed by atoms with E-state index < -0.39 is 0 Å². The second-order valence-electron chi connectivity index (χ2n) is 5.19. The zero-order valence-corrected chi connectivity index (χ0v) is 10.2. The number of nitrogens with one attached hydrogen (secondary N) is 1. The summed E-state index contributed by atoms with van der Waals surface area (Å²) in [7, 11) is 0. The molecule has 0 unspecified atom stereocenters. The molecule has 0 spiro atoms. The monoisotopic (exact) mass is 224 g/mol. The first-order valence-corrected chi connectivity index (χ1v) is 6.85. The van der Waals surface area contributed by atoms with Gasteiger partial charge in [0.1, 0.15) is 0 Å². The van der Waals surface area contributed by atoms with Crippen molar-refractivity contribution >= 4 is 5.91 Å². The number of nitrogens with zero attached hydrogens (tertiary/aromatic N) is 1. The molecule has 1 aliphatic carbocycles. The summed E-state index contributed by atoms with van der Waals surface area (Å²) >= 11 is 0. The zero-order chi connectivity index (χ0) is 11.2. The van der Waals surface area contributed by atoms with E-state index in [9.17, 15) is 4.79 Å². The molecular weight excluding hydrogens is 200 g/mol. The van der Waals surface area contributed by atoms with Gasteiger partial charge in [-0.1, -0.05) is 6.42 Å². The Labute approximate surface area is 98.6 Å². The van der Waals surface area contributed by atoms with Crippen molar-refractivity contribution in [1.82, 2.24) is 10.2 Å². The minimum Gasteiger partial charge on any atom is -0.343 e. The lowest BCUT2D eigenvalue weighted by molar-refractivity contribution is -0.131. The lowest BCUT2D eigenvalue weighted by Crippen LogP contribution is -2.37. The van der Waals surface area contributed by atoms with Gasteiger partial charge >= 0.3 is 0 Å². The molecular formula is C13H24N2O. The van der Waals surface area contributed by atoms with Gasteiger partial charge in [0.2, 0.25) is 5.91 Å². The number of likely N-dealkylation sites (tertiary alicyclic amines) is 1. The molecule has 92 valence electrons. The Morgan fingerprint density at radius 3 is 2.50 bits per heavy atom. The fraction of sp³-hybridized carbons (Fsp3) is 0.923. The first-order chi connectivity index (χ1) is 7.86. The fourth-order valence-corrected chi connectivity index (χ4v) is 2.50. The standard InChI is InChI=1S/C13H24N2O/c16-13(15-9-2-1-3-10-15)7-8-14-11-12-5-4-6-12/h12,14H,1-11H2. The van der Waals surface area contributed by atoms with E-state index in [4.69, 9.17) is 0 Å². The van der Waals surface area contributed by atoms with Crippen LogP contribution in [-0.4, -0.2) is 37.0 Å². The van der Waals surface area contributed by atoms with Crippen LogP contribution in [0, 0.1) is 5.92 Å². The first kappa shape index (κ1) is 11.9. The molecule has 16 heavy (non-hydrogen) atoms. The van der Waals surface area contributed by atoms with E-state index in [2.05, 4.69) is 5.32 Å². The van der Waals surface area contributed by atoms with Crippen LogP contribution >= 0.6 is 0 Å². The van der Waals surface area contributed by atoms with Crippen molar-refractivity contribution in [3.8, 4) is 0 Å². The molecule has 0 aromatic heterocycles. The van der Waals surface area contributed by atoms with Crippen molar-refractivity contribution in [2.75, 3.05) is 26.2 Å². The number of carbonyl (C=O) groups excluding carboxylic acids is 1. The van der Waals surface area contributed by atoms with Gasteiger partial charge in [0, 0.05) is 26.1 Å². The highest BCUT2D eigenvalue weighted by atomic mass is 16.2. The molecule has 3 heteroatoms. The van der Waals surface area contributed by atoms with Gasteiger partial charge in [-0.15, -0.1) is 0 Å². The number of hydrogen-bond donors (Lipinski definition) is 1. The molecule has 1 saturated heterocycles. The topological polar surface area (TPSA) is 32.3 Å². The van der Waals surface area contributed by atoms with Gasteiger partial charge in [-0.3, -0.25) is 4.79 Å². The summed E-state index contributed by atoms with van der Waals surface area (Å²) in [6, 6.07) is 0. The van der Waals surface area contributed by atoms with Gasteiger partial charge in [0.05, 0.1) is 0 Å². The molecule has 0 radical (unpaired) electrons. The molecule has 0 bridgehead atoms. The highest BCUT2D eigenvalue weighted by Gasteiger charge is 2.18. The Morgan fingerprint density at radius 2 is 1.88 bits per heavy atom. The Bertz CT molecular complexity index is 220. The fourth-order valence-electron chi connectivity index (χ4n) is 2.50. The quantitative estimate of drug-likeness (QED) is 0.722. The van der Waals surface area contributed by atoms with Gasteiger partial charge in [-0.05, 0) is 44.6 Å². The van der Waals surface area contributed by atoms with E-state index in [1.807, 2.05) is 4.90 Å². The van der Waals surface area contributed by atoms with Crippen molar-refractivity contribution in [3.63, 3.8) is 0 Å². The average Bonchev–Trinajstić information content (AvgIpc) is 2.27. The van der Waals surface area contributed by atoms with Crippen LogP contribution in [0.2, 0.25) is 0 Å². The normalized spacial score (nSPS) is 21.9. The number of carbonyl (C=O) groups is 1. The summed E-state index contributed by atoms with van der Waals surface area (Å²) in [5.41, 5.74) is 0. The minimum absolute atomic E-state index is 0.348. The highest BCUT2D eigenvalue weighted by molar-refractivity contribution is 5.76. The van der Waals surface area contributed by atoms with Crippen LogP contribution in [0.15, 0.2) is 0 Å². The second kappa shape index (κ2) is 6.24. The number of hydrogen-bond acceptors (Lipinski definition) is 2. The van der Waals surface area contributed by atoms with Crippen LogP contribution in [-0.2, 0) is 4.79 Å². The highest BCUT2D eigenvalue weighted by Crippen LogP contribution is 2.25. The molecule has 2 fully saturated rings. The van der Waals surface area contributed by atoms with Gasteiger partial charge < -0.3 is 10.2 Å². The summed E-state index contributed by atoms with van der Waals surface area (Å²) in [5.74, 6) is 1.24. The Kier molecular flexibility index (Phi) is 4.64. The lowest BCUT2D eigenvalue weighted by atomic mass is 9.85. The number of piperidine rings is 1. The molecule has 0 aromatic rings. The molecule has 3 nitrogen and oxygen atoms in total. The average molecular weight is 224 g/mol. The van der Waals surface area contributed by atoms with Crippen LogP contribution in [0.1, 0.15) is 44.9 Å². The third-order valence-electron chi connectivity index (χ3n) is 3.88. The summed E-state index contributed by atoms with van der Waals surface area (Å²) < 4.78 is 0. The van der Waals surface area contributed by atoms with Crippen LogP contribution in [0.25, 0.3) is 0 Å². The summed E-state index contributed by atoms with van der Waals surface area (Å²) in [6.07, 6.45) is 8.54. The Hall–Kier alpha value is -0.570. The molecule has 0 aromatic carbocycles. The smallest absolute Gasteiger partial charge is 0.223 e. The van der Waals surface area contributed by atoms with Crippen molar-refractivity contribution in [2.45, 2.75) is 44.9 Å². The van der Waals surface area contributed by atoms with Crippen LogP contribution < -0.4 is 5.32 Å². The molecule has 1 aliphatic heterocycles. The van der Waals surface area contributed by atoms with Gasteiger partial charge in [0.15, 0.2) is 0 Å². The molecule has 0 atom stereocenters. The van der Waals surface area contributed by atoms with E-state index in [-0.39, 0.29) is 0 Å². The third-order valence-corrected chi connectivity index (χ3v) is 3.88. The zero-order valence-electron chi connectivity index (χ0n) is 10.2. The second-order valence-corrected chi connectivity index (χ2v) is 5.19. The van der Waals surface area contributed by atoms with Crippen molar-refractivity contribution < 1.29 is 4.79 Å². The SMILES string of the molecule is O=C(CCNCC1CCC1)N1CCCCC1. The van der Waals surface area contributed by atoms with E-state index in [0.29, 0.717) is 12.3 Å². The maximum atomic E-state index is 11.8. The first-order valence-electron chi connectivity index (χ1n) is 6.85. The molecule has 1 amide bonds. The summed E-state index contributed by atoms with van der Waals surface area (Å²) in [5, 5.41) is 3.41. The Morgan fingerprint density at radius 1 is 1.12 bits per heavy atom. The van der Waals surface area contributed by atoms with Gasteiger partial charge in [-0.25, -0.2) is 0 Å². The Balaban J connectivity index is 1.52. The minimum atomic E-state index is 0.348. The molecule has 2 aliphatic rings. The number of rotatable bonds is 5. The van der Waals surface area contributed by atoms with Crippen LogP contribution in [0.5, 0.6) is 0 Å². The lowest BCUT2D eigenvalue weighted by Gasteiger charge is -2.27. The maximum absolute atomic E-state index is 11.8. The van der Waals surface area contributed by atoms with E-state index in [1.165, 1.54) is 38.5 Å². The van der Waals surface area contributed by atoms with Crippen molar-refractivity contribution in [1.29, 1.82) is 0 Å². The van der Waals surface area contributed by atoms with Gasteiger partial charge in [-0.2, -0.15) is 0 Å². The summed E-state index contributed by atoms with van der Waals surface area (Å²) in [6.45, 7) is 3.96. The van der Waals surface area contributed by atoms with E-state index >= 15 is 0 Å². The maximum Gasteiger partial charge on any atom is 0.223 e. The predicted octanol–water partition coefficient (Wildman–Crippen LogP) is 1.78. The molecule has 1 saturated carbocycles. The molecule has 1 N–H and O–H groups in total. The molecule has 1 heterocycles. The van der Waals surface area contributed by atoms with E-state index in [0.717, 1.165) is 32.1 Å². The van der Waals surface area contributed by atoms with E-state index in [1.54, 1.807) is 0 Å². The summed E-state index contributed by atoms with van der Waals surface area (Å²) in [4.78, 5) is 13.8. The van der Waals surface area contributed by atoms with Crippen LogP contribution in [0.3, 0.4) is 0 Å². The molecule has 2 rings (SSSR count).